The Bertz CT molecular complexity index is 456. The summed E-state index contributed by atoms with van der Waals surface area (Å²) in [5.41, 5.74) is 0. The molecule has 0 saturated carbocycles. The summed E-state index contributed by atoms with van der Waals surface area (Å²) in [6.45, 7) is 0. The highest BCUT2D eigenvalue weighted by Crippen LogP contribution is 1.96. The average Bonchev–Trinajstić information content (AvgIpc) is 2.21. The zero-order valence-electron chi connectivity index (χ0n) is 5.69. The molecule has 0 aliphatic carbocycles. The van der Waals surface area contributed by atoms with Gasteiger partial charge in [-0.2, -0.15) is 0 Å². The van der Waals surface area contributed by atoms with E-state index in [4.69, 9.17) is 0 Å². The van der Waals surface area contributed by atoms with Gasteiger partial charge in [0.2, 0.25) is 0 Å². The van der Waals surface area contributed by atoms with Crippen molar-refractivity contribution in [2.75, 3.05) is 0 Å². The summed E-state index contributed by atoms with van der Waals surface area (Å²) < 4.78 is 22.0. The normalized spacial score (nSPS) is 18.2. The van der Waals surface area contributed by atoms with Gasteiger partial charge in [0.25, 0.3) is 0 Å². The van der Waals surface area contributed by atoms with E-state index in [0.717, 1.165) is 10.4 Å². The highest BCUT2D eigenvalue weighted by Gasteiger charge is 2.06. The summed E-state index contributed by atoms with van der Waals surface area (Å²) >= 11 is 0. The molecule has 0 amide bonds. The molecular formula is C8H6O2S. The molecule has 0 unspecified atom stereocenters. The number of benzene rings is 1. The fourth-order valence-corrected chi connectivity index (χ4v) is 2.32. The Labute approximate surface area is 64.4 Å². The predicted octanol–water partition coefficient (Wildman–Crippen LogP) is -0.409. The molecule has 2 rings (SSSR count). The van der Waals surface area contributed by atoms with Crippen molar-refractivity contribution < 1.29 is 8.42 Å². The number of sulfone groups is 1. The van der Waals surface area contributed by atoms with E-state index in [9.17, 15) is 8.42 Å². The van der Waals surface area contributed by atoms with E-state index in [-0.39, 0.29) is 0 Å². The standard InChI is InChI=1S/C8H6O2S/c9-11(10)5-7-3-1-2-4-8(7)6-11/h1-6H. The Morgan fingerprint density at radius 2 is 1.36 bits per heavy atom. The van der Waals surface area contributed by atoms with Gasteiger partial charge in [0, 0.05) is 10.8 Å². The second kappa shape index (κ2) is 1.95. The third kappa shape index (κ3) is 1.07. The molecule has 0 fully saturated rings. The van der Waals surface area contributed by atoms with Gasteiger partial charge in [0.05, 0.1) is 0 Å². The van der Waals surface area contributed by atoms with Crippen molar-refractivity contribution in [3.8, 4) is 0 Å². The van der Waals surface area contributed by atoms with E-state index in [0.29, 0.717) is 0 Å². The van der Waals surface area contributed by atoms with Crippen molar-refractivity contribution in [1.82, 2.24) is 0 Å². The van der Waals surface area contributed by atoms with Crippen molar-refractivity contribution in [3.05, 3.63) is 34.7 Å². The fourth-order valence-electron chi connectivity index (χ4n) is 1.11. The van der Waals surface area contributed by atoms with Crippen LogP contribution in [0.5, 0.6) is 0 Å². The van der Waals surface area contributed by atoms with Crippen LogP contribution in [0.1, 0.15) is 0 Å². The quantitative estimate of drug-likeness (QED) is 0.525. The zero-order chi connectivity index (χ0) is 7.90. The van der Waals surface area contributed by atoms with Gasteiger partial charge in [-0.1, -0.05) is 24.3 Å². The van der Waals surface area contributed by atoms with Crippen LogP contribution >= 0.6 is 0 Å². The lowest BCUT2D eigenvalue weighted by atomic mass is 10.3. The molecule has 56 valence electrons. The fraction of sp³-hybridized carbons (Fsp3) is 0. The van der Waals surface area contributed by atoms with Gasteiger partial charge in [-0.15, -0.1) is 0 Å². The van der Waals surface area contributed by atoms with Crippen LogP contribution in [0.2, 0.25) is 0 Å². The Balaban J connectivity index is 3.03. The largest absolute Gasteiger partial charge is 0.220 e. The summed E-state index contributed by atoms with van der Waals surface area (Å²) in [6, 6.07) is 7.22. The molecule has 0 atom stereocenters. The molecule has 0 bridgehead atoms. The molecule has 0 spiro atoms. The maximum atomic E-state index is 11.0. The van der Waals surface area contributed by atoms with Gasteiger partial charge < -0.3 is 0 Å². The first-order valence-corrected chi connectivity index (χ1v) is 4.82. The van der Waals surface area contributed by atoms with E-state index in [1.807, 2.05) is 12.1 Å². The van der Waals surface area contributed by atoms with Crippen LogP contribution < -0.4 is 10.4 Å². The summed E-state index contributed by atoms with van der Waals surface area (Å²) in [5, 5.41) is 4.13. The van der Waals surface area contributed by atoms with Crippen molar-refractivity contribution in [3.63, 3.8) is 0 Å². The summed E-state index contributed by atoms with van der Waals surface area (Å²) in [4.78, 5) is 0. The van der Waals surface area contributed by atoms with Gasteiger partial charge >= 0.3 is 0 Å². The minimum absolute atomic E-state index is 0.785. The van der Waals surface area contributed by atoms with Crippen LogP contribution in [0.4, 0.5) is 0 Å². The number of hydrogen-bond donors (Lipinski definition) is 0. The summed E-state index contributed by atoms with van der Waals surface area (Å²) in [5.74, 6) is 0. The topological polar surface area (TPSA) is 34.1 Å². The maximum Gasteiger partial charge on any atom is 0.194 e. The molecule has 1 aliphatic heterocycles. The monoisotopic (exact) mass is 166 g/mol. The minimum Gasteiger partial charge on any atom is -0.220 e. The van der Waals surface area contributed by atoms with E-state index in [1.165, 1.54) is 10.8 Å². The van der Waals surface area contributed by atoms with Crippen molar-refractivity contribution in [1.29, 1.82) is 0 Å². The van der Waals surface area contributed by atoms with E-state index < -0.39 is 9.84 Å². The summed E-state index contributed by atoms with van der Waals surface area (Å²) in [6.07, 6.45) is 0. The van der Waals surface area contributed by atoms with Gasteiger partial charge in [-0.3, -0.25) is 0 Å². The smallest absolute Gasteiger partial charge is 0.194 e. The lowest BCUT2D eigenvalue weighted by Gasteiger charge is -1.78. The highest BCUT2D eigenvalue weighted by molar-refractivity contribution is 8.06. The minimum atomic E-state index is -3.06. The van der Waals surface area contributed by atoms with Crippen LogP contribution in [-0.4, -0.2) is 8.42 Å². The van der Waals surface area contributed by atoms with Crippen LogP contribution in [0.15, 0.2) is 24.3 Å². The third-order valence-corrected chi connectivity index (χ3v) is 2.74. The predicted molar refractivity (Wildman–Crippen MR) is 43.5 cm³/mol. The molecular weight excluding hydrogens is 160 g/mol. The van der Waals surface area contributed by atoms with Crippen LogP contribution in [0, 0.1) is 0 Å². The Hall–Kier alpha value is -1.09. The first-order chi connectivity index (χ1) is 5.17. The molecule has 1 aromatic carbocycles. The second-order valence-corrected chi connectivity index (χ2v) is 4.10. The molecule has 0 aromatic heterocycles. The Kier molecular flexibility index (Phi) is 1.17. The first kappa shape index (κ1) is 6.61. The molecule has 0 saturated heterocycles. The van der Waals surface area contributed by atoms with Gasteiger partial charge in [0.1, 0.15) is 0 Å². The van der Waals surface area contributed by atoms with Crippen LogP contribution in [-0.2, 0) is 9.84 Å². The number of rotatable bonds is 0. The second-order valence-electron chi connectivity index (χ2n) is 2.45. The van der Waals surface area contributed by atoms with Gasteiger partial charge in [-0.05, 0) is 10.4 Å². The zero-order valence-corrected chi connectivity index (χ0v) is 6.51. The van der Waals surface area contributed by atoms with Gasteiger partial charge in [-0.25, -0.2) is 8.42 Å². The molecule has 3 heteroatoms. The SMILES string of the molecule is O=S1(=O)C=c2ccccc2=C1. The van der Waals surface area contributed by atoms with E-state index in [2.05, 4.69) is 0 Å². The lowest BCUT2D eigenvalue weighted by Crippen LogP contribution is -2.19. The number of hydrogen-bond acceptors (Lipinski definition) is 2. The molecule has 11 heavy (non-hydrogen) atoms. The average molecular weight is 166 g/mol. The third-order valence-electron chi connectivity index (χ3n) is 1.58. The van der Waals surface area contributed by atoms with Crippen LogP contribution in [0.25, 0.3) is 10.8 Å². The molecule has 1 aliphatic rings. The maximum absolute atomic E-state index is 11.0. The van der Waals surface area contributed by atoms with Gasteiger partial charge in [0.15, 0.2) is 9.84 Å². The highest BCUT2D eigenvalue weighted by atomic mass is 32.2. The Morgan fingerprint density at radius 3 is 1.82 bits per heavy atom. The first-order valence-electron chi connectivity index (χ1n) is 3.21. The molecule has 2 nitrogen and oxygen atoms in total. The molecule has 1 heterocycles. The molecule has 1 aromatic rings. The molecule has 0 N–H and O–H groups in total. The lowest BCUT2D eigenvalue weighted by molar-refractivity contribution is 0.617. The van der Waals surface area contributed by atoms with Crippen molar-refractivity contribution >= 4 is 20.7 Å². The Morgan fingerprint density at radius 1 is 0.909 bits per heavy atom. The van der Waals surface area contributed by atoms with Crippen molar-refractivity contribution in [2.45, 2.75) is 0 Å². The molecule has 0 radical (unpaired) electrons. The van der Waals surface area contributed by atoms with Crippen molar-refractivity contribution in [2.24, 2.45) is 0 Å². The van der Waals surface area contributed by atoms with E-state index >= 15 is 0 Å². The summed E-state index contributed by atoms with van der Waals surface area (Å²) in [7, 11) is -3.06. The number of fused-ring (bicyclic) bond motifs is 1. The van der Waals surface area contributed by atoms with E-state index in [1.54, 1.807) is 12.1 Å². The van der Waals surface area contributed by atoms with Crippen LogP contribution in [0.3, 0.4) is 0 Å².